The predicted molar refractivity (Wildman–Crippen MR) is 180 cm³/mol. The Morgan fingerprint density at radius 3 is 2.51 bits per heavy atom. The van der Waals surface area contributed by atoms with E-state index < -0.39 is 17.5 Å². The van der Waals surface area contributed by atoms with Gasteiger partial charge in [-0.25, -0.2) is 24.0 Å². The number of halogens is 1. The Morgan fingerprint density at radius 2 is 1.81 bits per heavy atom. The highest BCUT2D eigenvalue weighted by Gasteiger charge is 2.28. The van der Waals surface area contributed by atoms with Crippen molar-refractivity contribution < 1.29 is 18.7 Å². The van der Waals surface area contributed by atoms with Crippen LogP contribution in [-0.2, 0) is 11.3 Å². The largest absolute Gasteiger partial charge is 0.489 e. The molecule has 6 rings (SSSR count). The first-order chi connectivity index (χ1) is 22.6. The molecule has 2 aromatic heterocycles. The number of nitrogens with zero attached hydrogens (tertiary/aromatic N) is 5. The number of ether oxygens (including phenoxy) is 2. The van der Waals surface area contributed by atoms with Crippen LogP contribution in [0.25, 0.3) is 32.9 Å². The zero-order valence-electron chi connectivity index (χ0n) is 27.0. The van der Waals surface area contributed by atoms with Crippen LogP contribution < -0.4 is 15.0 Å². The van der Waals surface area contributed by atoms with Crippen molar-refractivity contribution in [3.63, 3.8) is 0 Å². The van der Waals surface area contributed by atoms with Gasteiger partial charge in [-0.2, -0.15) is 0 Å². The van der Waals surface area contributed by atoms with Gasteiger partial charge in [-0.3, -0.25) is 4.40 Å². The number of nitrogens with one attached hydrogen (secondary N) is 1. The van der Waals surface area contributed by atoms with E-state index in [-0.39, 0.29) is 11.7 Å². The summed E-state index contributed by atoms with van der Waals surface area (Å²) in [4.78, 5) is 27.8. The molecule has 0 spiro atoms. The second-order valence-electron chi connectivity index (χ2n) is 12.7. The summed E-state index contributed by atoms with van der Waals surface area (Å²) in [5, 5.41) is 2.99. The number of aromatic nitrogens is 3. The summed E-state index contributed by atoms with van der Waals surface area (Å²) < 4.78 is 28.7. The molecule has 5 aromatic rings. The summed E-state index contributed by atoms with van der Waals surface area (Å²) in [6.07, 6.45) is 4.58. The Bertz CT molecular complexity index is 1950. The van der Waals surface area contributed by atoms with Crippen LogP contribution in [0.2, 0.25) is 0 Å². The van der Waals surface area contributed by atoms with Gasteiger partial charge >= 0.3 is 6.09 Å². The Morgan fingerprint density at radius 1 is 1.06 bits per heavy atom. The minimum absolute atomic E-state index is 0.0322. The number of hydrogen-bond acceptors (Lipinski definition) is 6. The summed E-state index contributed by atoms with van der Waals surface area (Å²) in [5.74, 6) is 0.773. The number of piperidine rings is 1. The Hall–Kier alpha value is -5.43. The van der Waals surface area contributed by atoms with Crippen molar-refractivity contribution in [2.75, 3.05) is 18.0 Å². The molecule has 1 aliphatic rings. The number of anilines is 1. The van der Waals surface area contributed by atoms with Crippen molar-refractivity contribution in [3.05, 3.63) is 107 Å². The summed E-state index contributed by atoms with van der Waals surface area (Å²) >= 11 is 0. The molecule has 3 heterocycles. The maximum absolute atomic E-state index is 15.1. The highest BCUT2D eigenvalue weighted by Crippen LogP contribution is 2.39. The first-order valence-electron chi connectivity index (χ1n) is 15.7. The van der Waals surface area contributed by atoms with Gasteiger partial charge < -0.3 is 19.7 Å². The van der Waals surface area contributed by atoms with Crippen LogP contribution in [0.1, 0.15) is 44.7 Å². The molecule has 47 heavy (non-hydrogen) atoms. The molecule has 9 nitrogen and oxygen atoms in total. The average Bonchev–Trinajstić information content (AvgIpc) is 3.54. The molecule has 1 N–H and O–H groups in total. The average molecular weight is 633 g/mol. The van der Waals surface area contributed by atoms with Crippen LogP contribution in [0.5, 0.6) is 5.75 Å². The summed E-state index contributed by atoms with van der Waals surface area (Å²) in [7, 11) is 0. The lowest BCUT2D eigenvalue weighted by Crippen LogP contribution is -2.46. The molecule has 10 heteroatoms. The molecule has 1 fully saturated rings. The Labute approximate surface area is 273 Å². The normalized spacial score (nSPS) is 13.7. The van der Waals surface area contributed by atoms with Gasteiger partial charge in [0.05, 0.1) is 17.8 Å². The Kier molecular flexibility index (Phi) is 8.81. The molecule has 1 saturated heterocycles. The molecule has 0 saturated carbocycles. The fourth-order valence-corrected chi connectivity index (χ4v) is 5.75. The topological polar surface area (TPSA) is 85.4 Å². The number of carbonyl (C=O) groups excluding carboxylic acids is 1. The maximum Gasteiger partial charge on any atom is 0.407 e. The van der Waals surface area contributed by atoms with E-state index in [2.05, 4.69) is 15.1 Å². The minimum Gasteiger partial charge on any atom is -0.489 e. The number of imidazole rings is 1. The SMILES string of the molecule is [C-]#[N+]c1ccc(-c2nc(N3CCC(NC(=O)OC(C)(C)C)CC3)n3ccnc3c2-c2ccc(C)c(OCc3ccccc3)c2)cc1F. The minimum atomic E-state index is -0.611. The van der Waals surface area contributed by atoms with E-state index in [9.17, 15) is 4.79 Å². The van der Waals surface area contributed by atoms with E-state index in [0.717, 1.165) is 28.0 Å². The van der Waals surface area contributed by atoms with E-state index in [1.807, 2.05) is 86.8 Å². The molecule has 3 aromatic carbocycles. The molecule has 1 aliphatic heterocycles. The van der Waals surface area contributed by atoms with Gasteiger partial charge in [0, 0.05) is 37.1 Å². The molecule has 240 valence electrons. The quantitative estimate of drug-likeness (QED) is 0.182. The first-order valence-corrected chi connectivity index (χ1v) is 15.7. The standard InChI is InChI=1S/C37H37FN6O3/c1-24-11-12-26(22-31(24)46-23-25-9-7-6-8-10-25)32-33(27-13-14-30(39-5)29(38)21-27)42-35(44-20-17-40-34(32)44)43-18-15-28(16-19-43)41-36(45)47-37(2,3)4/h6-14,17,20-22,28H,15-16,18-19,23H2,1-4H3,(H,41,45). The number of carbonyl (C=O) groups is 1. The van der Waals surface area contributed by atoms with Gasteiger partial charge in [0.1, 0.15) is 29.4 Å². The molecule has 0 bridgehead atoms. The number of amides is 1. The number of aryl methyl sites for hydroxylation is 1. The van der Waals surface area contributed by atoms with Crippen LogP contribution in [0.15, 0.2) is 79.1 Å². The second-order valence-corrected chi connectivity index (χ2v) is 12.7. The fraction of sp³-hybridized carbons (Fsp3) is 0.297. The first kappa shape index (κ1) is 31.5. The van der Waals surface area contributed by atoms with Gasteiger partial charge in [0.15, 0.2) is 0 Å². The van der Waals surface area contributed by atoms with Gasteiger partial charge in [-0.15, -0.1) is 0 Å². The van der Waals surface area contributed by atoms with Crippen molar-refractivity contribution >= 4 is 23.4 Å². The van der Waals surface area contributed by atoms with E-state index >= 15 is 4.39 Å². The van der Waals surface area contributed by atoms with Gasteiger partial charge in [-0.1, -0.05) is 54.6 Å². The van der Waals surface area contributed by atoms with Crippen molar-refractivity contribution in [1.82, 2.24) is 19.7 Å². The van der Waals surface area contributed by atoms with Gasteiger partial charge in [0.2, 0.25) is 11.6 Å². The van der Waals surface area contributed by atoms with Crippen LogP contribution >= 0.6 is 0 Å². The molecule has 0 unspecified atom stereocenters. The smallest absolute Gasteiger partial charge is 0.407 e. The lowest BCUT2D eigenvalue weighted by atomic mass is 9.98. The zero-order valence-corrected chi connectivity index (χ0v) is 27.0. The van der Waals surface area contributed by atoms with E-state index in [0.29, 0.717) is 55.4 Å². The van der Waals surface area contributed by atoms with Gasteiger partial charge in [-0.05, 0) is 69.4 Å². The van der Waals surface area contributed by atoms with Crippen LogP contribution in [0.3, 0.4) is 0 Å². The van der Waals surface area contributed by atoms with Crippen LogP contribution in [0.4, 0.5) is 20.8 Å². The third-order valence-electron chi connectivity index (χ3n) is 8.08. The molecule has 0 atom stereocenters. The van der Waals surface area contributed by atoms with Crippen molar-refractivity contribution in [2.24, 2.45) is 0 Å². The second kappa shape index (κ2) is 13.1. The van der Waals surface area contributed by atoms with Crippen molar-refractivity contribution in [3.8, 4) is 28.1 Å². The molecule has 1 amide bonds. The monoisotopic (exact) mass is 632 g/mol. The predicted octanol–water partition coefficient (Wildman–Crippen LogP) is 8.13. The molecular formula is C37H37FN6O3. The summed E-state index contributed by atoms with van der Waals surface area (Å²) in [6, 6.07) is 20.5. The highest BCUT2D eigenvalue weighted by atomic mass is 19.1. The summed E-state index contributed by atoms with van der Waals surface area (Å²) in [5.41, 5.74) is 4.68. The zero-order chi connectivity index (χ0) is 33.1. The number of rotatable bonds is 7. The lowest BCUT2D eigenvalue weighted by Gasteiger charge is -2.34. The number of benzene rings is 3. The number of hydrogen-bond donors (Lipinski definition) is 1. The van der Waals surface area contributed by atoms with E-state index in [1.165, 1.54) is 12.1 Å². The Balaban J connectivity index is 1.38. The summed E-state index contributed by atoms with van der Waals surface area (Å²) in [6.45, 7) is 16.5. The number of alkyl carbamates (subject to hydrolysis) is 1. The van der Waals surface area contributed by atoms with E-state index in [1.54, 1.807) is 12.3 Å². The number of fused-ring (bicyclic) bond motifs is 1. The van der Waals surface area contributed by atoms with Crippen molar-refractivity contribution in [1.29, 1.82) is 0 Å². The maximum atomic E-state index is 15.1. The van der Waals surface area contributed by atoms with Crippen molar-refractivity contribution in [2.45, 2.75) is 58.8 Å². The lowest BCUT2D eigenvalue weighted by molar-refractivity contribution is 0.0497. The third-order valence-corrected chi connectivity index (χ3v) is 8.08. The highest BCUT2D eigenvalue weighted by molar-refractivity contribution is 5.92. The molecule has 0 aliphatic carbocycles. The fourth-order valence-electron chi connectivity index (χ4n) is 5.75. The van der Waals surface area contributed by atoms with Crippen LogP contribution in [-0.4, -0.2) is 45.2 Å². The van der Waals surface area contributed by atoms with Gasteiger partial charge in [0.25, 0.3) is 0 Å². The van der Waals surface area contributed by atoms with Crippen LogP contribution in [0, 0.1) is 19.3 Å². The molecule has 0 radical (unpaired) electrons. The third kappa shape index (κ3) is 7.04. The van der Waals surface area contributed by atoms with E-state index in [4.69, 9.17) is 26.0 Å². The molecular weight excluding hydrogens is 595 g/mol.